The molecule has 13 nitrogen and oxygen atoms in total. The zero-order valence-electron chi connectivity index (χ0n) is 28.1. The maximum atomic E-state index is 13.7. The van der Waals surface area contributed by atoms with E-state index in [-0.39, 0.29) is 64.6 Å². The first-order valence-corrected chi connectivity index (χ1v) is 16.5. The number of hydrogen-bond acceptors (Lipinski definition) is 10. The number of aromatic carboxylic acids is 1. The van der Waals surface area contributed by atoms with Gasteiger partial charge in [0.1, 0.15) is 0 Å². The maximum Gasteiger partial charge on any atom is 0.335 e. The number of carbonyl (C=O) groups excluding carboxylic acids is 8. The van der Waals surface area contributed by atoms with E-state index in [0.29, 0.717) is 12.0 Å². The Hall–Kier alpha value is -5.85. The maximum absolute atomic E-state index is 13.7. The number of amides is 4. The van der Waals surface area contributed by atoms with Crippen LogP contribution in [0.3, 0.4) is 0 Å². The molecule has 262 valence electrons. The van der Waals surface area contributed by atoms with E-state index in [9.17, 15) is 48.3 Å². The lowest BCUT2D eigenvalue weighted by atomic mass is 9.83. The molecular weight excluding hydrogens is 658 g/mol. The number of ketones is 4. The van der Waals surface area contributed by atoms with E-state index in [0.717, 1.165) is 9.91 Å². The second-order valence-electron chi connectivity index (χ2n) is 13.6. The number of carboxylic acids is 1. The predicted molar refractivity (Wildman–Crippen MR) is 180 cm³/mol. The van der Waals surface area contributed by atoms with Gasteiger partial charge in [0.05, 0.1) is 11.3 Å². The lowest BCUT2D eigenvalue weighted by Gasteiger charge is -2.35. The highest BCUT2D eigenvalue weighted by atomic mass is 16.4. The van der Waals surface area contributed by atoms with Gasteiger partial charge in [0.25, 0.3) is 11.8 Å². The Kier molecular flexibility index (Phi) is 9.00. The molecule has 4 aliphatic rings. The molecule has 4 bridgehead atoms. The molecule has 0 aromatic heterocycles. The second-order valence-corrected chi connectivity index (χ2v) is 13.6. The first-order chi connectivity index (χ1) is 24.1. The molecule has 2 heterocycles. The van der Waals surface area contributed by atoms with E-state index >= 15 is 0 Å². The number of imide groups is 2. The van der Waals surface area contributed by atoms with Gasteiger partial charge in [-0.1, -0.05) is 18.2 Å². The highest BCUT2D eigenvalue weighted by molar-refractivity contribution is 6.15. The number of likely N-dealkylation sites (tertiary alicyclic amines) is 1. The Morgan fingerprint density at radius 2 is 1.24 bits per heavy atom. The van der Waals surface area contributed by atoms with Crippen molar-refractivity contribution in [1.29, 1.82) is 0 Å². The van der Waals surface area contributed by atoms with E-state index in [1.54, 1.807) is 0 Å². The van der Waals surface area contributed by atoms with Crippen molar-refractivity contribution in [2.24, 2.45) is 35.5 Å². The predicted octanol–water partition coefficient (Wildman–Crippen LogP) is 4.03. The largest absolute Gasteiger partial charge is 0.478 e. The van der Waals surface area contributed by atoms with E-state index < -0.39 is 76.4 Å². The number of hydrazine groups is 1. The normalized spacial score (nSPS) is 24.9. The van der Waals surface area contributed by atoms with Crippen molar-refractivity contribution in [3.63, 3.8) is 0 Å². The number of nitrogens with one attached hydrogen (secondary N) is 1. The number of piperidine rings is 2. The number of anilines is 1. The van der Waals surface area contributed by atoms with Gasteiger partial charge in [0, 0.05) is 65.8 Å². The average molecular weight is 694 g/mol. The minimum Gasteiger partial charge on any atom is -0.478 e. The molecule has 2 saturated carbocycles. The van der Waals surface area contributed by atoms with Crippen molar-refractivity contribution in [1.82, 2.24) is 9.91 Å². The second kappa shape index (κ2) is 13.1. The van der Waals surface area contributed by atoms with Crippen molar-refractivity contribution in [2.45, 2.75) is 39.5 Å². The fourth-order valence-electron chi connectivity index (χ4n) is 8.39. The molecule has 6 unspecified atom stereocenters. The first kappa shape index (κ1) is 35.0. The molecule has 2 saturated heterocycles. The Morgan fingerprint density at radius 1 is 0.745 bits per heavy atom. The van der Waals surface area contributed by atoms with Crippen LogP contribution in [0.2, 0.25) is 0 Å². The average Bonchev–Trinajstić information content (AvgIpc) is 3.63. The third kappa shape index (κ3) is 5.92. The van der Waals surface area contributed by atoms with Gasteiger partial charge in [-0.05, 0) is 74.4 Å². The van der Waals surface area contributed by atoms with Gasteiger partial charge in [-0.2, -0.15) is 5.01 Å². The summed E-state index contributed by atoms with van der Waals surface area (Å²) in [6.07, 6.45) is 4.50. The van der Waals surface area contributed by atoms with Gasteiger partial charge in [0.15, 0.2) is 23.1 Å². The Labute approximate surface area is 292 Å². The standard InChI is InChI=1S/C38H35N3O10/c1-5-7-30(44)24-13-23(18(3)43)25(14-22(24)17(2)42)31(45)9-6-8-19-10-20(38(50)51)12-21(11-19)39-41-36(48)28-16-29(37(41)49)33-27-15-26(32(28)33)34(46)40(4)35(27)47/h5-6,8,10-14,26-29,32-33,39H,1,7,9,15-16H2,2-4H3,(H,50,51)/b8-6+. The summed E-state index contributed by atoms with van der Waals surface area (Å²) in [6, 6.07) is 6.54. The number of fused-ring (bicyclic) bond motifs is 9. The minimum absolute atomic E-state index is 0.00308. The molecule has 0 radical (unpaired) electrons. The summed E-state index contributed by atoms with van der Waals surface area (Å²) in [5, 5.41) is 10.7. The summed E-state index contributed by atoms with van der Waals surface area (Å²) >= 11 is 0. The van der Waals surface area contributed by atoms with E-state index in [1.807, 2.05) is 0 Å². The molecule has 6 atom stereocenters. The molecule has 4 fully saturated rings. The van der Waals surface area contributed by atoms with Crippen LogP contribution in [0, 0.1) is 35.5 Å². The molecule has 13 heteroatoms. The van der Waals surface area contributed by atoms with Crippen LogP contribution in [0.5, 0.6) is 0 Å². The summed E-state index contributed by atoms with van der Waals surface area (Å²) < 4.78 is 0. The Balaban J connectivity index is 1.24. The van der Waals surface area contributed by atoms with Crippen LogP contribution in [-0.4, -0.2) is 74.8 Å². The number of rotatable bonds is 12. The summed E-state index contributed by atoms with van der Waals surface area (Å²) in [4.78, 5) is 117. The van der Waals surface area contributed by atoms with Crippen molar-refractivity contribution < 1.29 is 48.3 Å². The first-order valence-electron chi connectivity index (χ1n) is 16.5. The minimum atomic E-state index is -1.29. The Bertz CT molecular complexity index is 1980. The monoisotopic (exact) mass is 693 g/mol. The molecule has 2 aliphatic carbocycles. The van der Waals surface area contributed by atoms with Gasteiger partial charge in [-0.25, -0.2) is 4.79 Å². The molecule has 2 aromatic rings. The van der Waals surface area contributed by atoms with E-state index in [2.05, 4.69) is 12.0 Å². The smallest absolute Gasteiger partial charge is 0.335 e. The zero-order chi connectivity index (χ0) is 37.0. The quantitative estimate of drug-likeness (QED) is 0.141. The summed E-state index contributed by atoms with van der Waals surface area (Å²) in [6.45, 7) is 6.01. The summed E-state index contributed by atoms with van der Waals surface area (Å²) in [7, 11) is 1.43. The third-order valence-electron chi connectivity index (χ3n) is 10.6. The van der Waals surface area contributed by atoms with Crippen LogP contribution in [-0.2, 0) is 19.2 Å². The lowest BCUT2D eigenvalue weighted by Crippen LogP contribution is -2.53. The molecular formula is C38H35N3O10. The lowest BCUT2D eigenvalue weighted by molar-refractivity contribution is -0.155. The third-order valence-corrected chi connectivity index (χ3v) is 10.6. The highest BCUT2D eigenvalue weighted by Crippen LogP contribution is 2.61. The van der Waals surface area contributed by atoms with Crippen LogP contribution in [0.15, 0.2) is 49.1 Å². The van der Waals surface area contributed by atoms with E-state index in [4.69, 9.17) is 0 Å². The van der Waals surface area contributed by atoms with Gasteiger partial charge in [-0.15, -0.1) is 6.58 Å². The number of allylic oxidation sites excluding steroid dienone is 2. The molecule has 2 aliphatic heterocycles. The van der Waals surface area contributed by atoms with Gasteiger partial charge in [0.2, 0.25) is 11.8 Å². The fraction of sp³-hybridized carbons (Fsp3) is 0.342. The van der Waals surface area contributed by atoms with Crippen molar-refractivity contribution in [3.05, 3.63) is 82.4 Å². The SMILES string of the molecule is C=CCC(=O)c1cc(C(C)=O)c(C(=O)C/C=C/c2cc(NN3C(=O)C4CC(C3=O)C3C5CC(C(=O)N(C)C5=O)C43)cc(C(=O)O)c2)cc1C(C)=O. The number of Topliss-reactive ketones (excluding diaryl/α,β-unsaturated/α-hetero) is 4. The summed E-state index contributed by atoms with van der Waals surface area (Å²) in [5.41, 5.74) is 2.95. The topological polar surface area (TPSA) is 192 Å². The number of hydrogen-bond donors (Lipinski definition) is 2. The number of carbonyl (C=O) groups is 9. The number of benzene rings is 2. The molecule has 0 spiro atoms. The van der Waals surface area contributed by atoms with Gasteiger partial charge in [-0.3, -0.25) is 48.7 Å². The van der Waals surface area contributed by atoms with Crippen molar-refractivity contribution in [3.8, 4) is 0 Å². The molecule has 2 aromatic carbocycles. The van der Waals surface area contributed by atoms with Crippen LogP contribution in [0.4, 0.5) is 5.69 Å². The van der Waals surface area contributed by atoms with Gasteiger partial charge >= 0.3 is 5.97 Å². The fourth-order valence-corrected chi connectivity index (χ4v) is 8.39. The molecule has 2 N–H and O–H groups in total. The molecule has 6 rings (SSSR count). The highest BCUT2D eigenvalue weighted by Gasteiger charge is 2.68. The molecule has 51 heavy (non-hydrogen) atoms. The van der Waals surface area contributed by atoms with Gasteiger partial charge < -0.3 is 5.11 Å². The number of nitrogens with zero attached hydrogens (tertiary/aromatic N) is 2. The van der Waals surface area contributed by atoms with Crippen LogP contribution >= 0.6 is 0 Å². The van der Waals surface area contributed by atoms with Crippen molar-refractivity contribution >= 4 is 64.5 Å². The zero-order valence-corrected chi connectivity index (χ0v) is 28.1. The van der Waals surface area contributed by atoms with Crippen LogP contribution in [0.1, 0.15) is 96.9 Å². The summed E-state index contributed by atoms with van der Waals surface area (Å²) in [5.74, 6) is -8.23. The van der Waals surface area contributed by atoms with Crippen molar-refractivity contribution in [2.75, 3.05) is 12.5 Å². The van der Waals surface area contributed by atoms with Crippen LogP contribution < -0.4 is 5.43 Å². The Morgan fingerprint density at radius 3 is 1.71 bits per heavy atom. The van der Waals surface area contributed by atoms with Crippen LogP contribution in [0.25, 0.3) is 6.08 Å². The molecule has 4 amide bonds. The number of carboxylic acid groups (broad SMARTS) is 1. The van der Waals surface area contributed by atoms with E-state index in [1.165, 1.54) is 69.5 Å².